The average molecular weight is 643 g/mol. The van der Waals surface area contributed by atoms with Gasteiger partial charge in [0, 0.05) is 50.3 Å². The van der Waals surface area contributed by atoms with Crippen molar-refractivity contribution in [3.05, 3.63) is 52.7 Å². The number of fused-ring (bicyclic) bond motifs is 1. The first kappa shape index (κ1) is 32.6. The maximum atomic E-state index is 12.8. The van der Waals surface area contributed by atoms with Crippen molar-refractivity contribution < 1.29 is 9.47 Å². The molecule has 1 aromatic carbocycles. The van der Waals surface area contributed by atoms with E-state index in [0.29, 0.717) is 10.8 Å². The molecule has 0 atom stereocenters. The van der Waals surface area contributed by atoms with Gasteiger partial charge in [0.1, 0.15) is 11.5 Å². The second kappa shape index (κ2) is 14.2. The van der Waals surface area contributed by atoms with Gasteiger partial charge in [-0.2, -0.15) is 0 Å². The SMILES string of the molecule is COc1cc(-c2cn(C)c(=O)c3cnccc23)cc(OC)c1CN1CCC2(CC1)CCN(C1CCN(CC3CCNCC3)CC1)CC2. The summed E-state index contributed by atoms with van der Waals surface area (Å²) in [4.78, 5) is 25.2. The lowest BCUT2D eigenvalue weighted by Gasteiger charge is -2.49. The Kier molecular flexibility index (Phi) is 9.87. The summed E-state index contributed by atoms with van der Waals surface area (Å²) < 4.78 is 13.6. The number of nitrogens with zero attached hydrogens (tertiary/aromatic N) is 5. The number of hydrogen-bond donors (Lipinski definition) is 1. The number of likely N-dealkylation sites (tertiary alicyclic amines) is 3. The standard InChI is InChI=1S/C38H54N6O3/c1-41-26-33(31-6-15-40-24-32(31)37(41)45)29-22-35(46-2)34(36(23-29)47-3)27-43-18-9-38(10-19-43)11-20-44(21-12-38)30-7-16-42(17-8-30)25-28-4-13-39-14-5-28/h6,15,22-24,26,28,30,39H,4-5,7-14,16-21,25,27H2,1-3H3. The number of benzene rings is 1. The van der Waals surface area contributed by atoms with Crippen molar-refractivity contribution in [2.24, 2.45) is 18.4 Å². The van der Waals surface area contributed by atoms with Crippen molar-refractivity contribution in [1.29, 1.82) is 0 Å². The molecule has 0 unspecified atom stereocenters. The van der Waals surface area contributed by atoms with Gasteiger partial charge in [0.25, 0.3) is 5.56 Å². The Hall–Kier alpha value is -2.98. The van der Waals surface area contributed by atoms with Crippen LogP contribution >= 0.6 is 0 Å². The minimum Gasteiger partial charge on any atom is -0.496 e. The van der Waals surface area contributed by atoms with Crippen molar-refractivity contribution >= 4 is 10.8 Å². The topological polar surface area (TPSA) is 75.1 Å². The first-order valence-corrected chi connectivity index (χ1v) is 18.0. The molecule has 4 fully saturated rings. The summed E-state index contributed by atoms with van der Waals surface area (Å²) in [6.07, 6.45) is 15.9. The first-order chi connectivity index (χ1) is 22.9. The summed E-state index contributed by atoms with van der Waals surface area (Å²) in [5, 5.41) is 5.00. The van der Waals surface area contributed by atoms with Crippen LogP contribution in [0.4, 0.5) is 0 Å². The highest BCUT2D eigenvalue weighted by Gasteiger charge is 2.39. The van der Waals surface area contributed by atoms with Crippen molar-refractivity contribution in [2.45, 2.75) is 64.0 Å². The number of pyridine rings is 2. The highest BCUT2D eigenvalue weighted by Crippen LogP contribution is 2.44. The molecule has 9 nitrogen and oxygen atoms in total. The molecule has 0 aliphatic carbocycles. The van der Waals surface area contributed by atoms with Gasteiger partial charge in [0.05, 0.1) is 25.2 Å². The van der Waals surface area contributed by atoms with Crippen molar-refractivity contribution in [3.8, 4) is 22.6 Å². The molecule has 0 bridgehead atoms. The zero-order valence-electron chi connectivity index (χ0n) is 28.8. The fourth-order valence-electron chi connectivity index (χ4n) is 9.01. The van der Waals surface area contributed by atoms with Crippen LogP contribution in [0.25, 0.3) is 21.9 Å². The van der Waals surface area contributed by atoms with Gasteiger partial charge in [-0.05, 0) is 144 Å². The predicted octanol–water partition coefficient (Wildman–Crippen LogP) is 4.76. The molecule has 0 radical (unpaired) electrons. The van der Waals surface area contributed by atoms with Gasteiger partial charge in [-0.25, -0.2) is 0 Å². The molecule has 1 N–H and O–H groups in total. The molecule has 1 spiro atoms. The van der Waals surface area contributed by atoms with Gasteiger partial charge < -0.3 is 29.2 Å². The monoisotopic (exact) mass is 642 g/mol. The largest absolute Gasteiger partial charge is 0.496 e. The van der Waals surface area contributed by atoms with Gasteiger partial charge in [-0.15, -0.1) is 0 Å². The van der Waals surface area contributed by atoms with E-state index in [1.165, 1.54) is 97.2 Å². The highest BCUT2D eigenvalue weighted by atomic mass is 16.5. The number of ether oxygens (including phenoxy) is 2. The normalized spacial score (nSPS) is 22.2. The Bertz CT molecular complexity index is 1550. The maximum Gasteiger partial charge on any atom is 0.259 e. The Labute approximate surface area is 280 Å². The van der Waals surface area contributed by atoms with Gasteiger partial charge in [-0.1, -0.05) is 0 Å². The van der Waals surface area contributed by atoms with Crippen molar-refractivity contribution in [1.82, 2.24) is 29.6 Å². The molecule has 4 aliphatic rings. The smallest absolute Gasteiger partial charge is 0.259 e. The van der Waals surface area contributed by atoms with Crippen molar-refractivity contribution in [2.75, 3.05) is 73.1 Å². The maximum absolute atomic E-state index is 12.8. The number of hydrogen-bond acceptors (Lipinski definition) is 8. The van der Waals surface area contributed by atoms with E-state index >= 15 is 0 Å². The van der Waals surface area contributed by atoms with Crippen LogP contribution < -0.4 is 20.3 Å². The molecule has 6 heterocycles. The number of rotatable bonds is 8. The molecule has 9 heteroatoms. The van der Waals surface area contributed by atoms with Gasteiger partial charge in [0.2, 0.25) is 0 Å². The second-order valence-electron chi connectivity index (χ2n) is 14.8. The van der Waals surface area contributed by atoms with Gasteiger partial charge in [-0.3, -0.25) is 14.7 Å². The molecule has 4 aliphatic heterocycles. The van der Waals surface area contributed by atoms with E-state index in [0.717, 1.165) is 65.2 Å². The molecular weight excluding hydrogens is 588 g/mol. The zero-order valence-corrected chi connectivity index (χ0v) is 28.8. The number of methoxy groups -OCH3 is 2. The third-order valence-electron chi connectivity index (χ3n) is 12.1. The van der Waals surface area contributed by atoms with Crippen LogP contribution in [0.1, 0.15) is 56.9 Å². The van der Waals surface area contributed by atoms with Gasteiger partial charge >= 0.3 is 0 Å². The fourth-order valence-corrected chi connectivity index (χ4v) is 9.01. The molecule has 254 valence electrons. The summed E-state index contributed by atoms with van der Waals surface area (Å²) in [7, 11) is 5.26. The summed E-state index contributed by atoms with van der Waals surface area (Å²) in [5.74, 6) is 2.55. The molecule has 3 aromatic rings. The Morgan fingerprint density at radius 2 is 1.53 bits per heavy atom. The Morgan fingerprint density at radius 1 is 0.872 bits per heavy atom. The van der Waals surface area contributed by atoms with E-state index in [4.69, 9.17) is 9.47 Å². The van der Waals surface area contributed by atoms with E-state index in [1.807, 2.05) is 12.3 Å². The van der Waals surface area contributed by atoms with Crippen LogP contribution in [-0.4, -0.2) is 103 Å². The third-order valence-corrected chi connectivity index (χ3v) is 12.1. The molecular formula is C38H54N6O3. The summed E-state index contributed by atoms with van der Waals surface area (Å²) in [6.45, 7) is 11.9. The quantitative estimate of drug-likeness (QED) is 0.377. The van der Waals surface area contributed by atoms with Crippen molar-refractivity contribution in [3.63, 3.8) is 0 Å². The van der Waals surface area contributed by atoms with Crippen LogP contribution in [0.15, 0.2) is 41.6 Å². The zero-order chi connectivity index (χ0) is 32.4. The number of aryl methyl sites for hydroxylation is 1. The first-order valence-electron chi connectivity index (χ1n) is 18.0. The average Bonchev–Trinajstić information content (AvgIpc) is 3.12. The molecule has 0 amide bonds. The van der Waals surface area contributed by atoms with E-state index in [-0.39, 0.29) is 5.56 Å². The molecule has 7 rings (SSSR count). The van der Waals surface area contributed by atoms with Gasteiger partial charge in [0.15, 0.2) is 0 Å². The number of aromatic nitrogens is 2. The third kappa shape index (κ3) is 6.95. The van der Waals surface area contributed by atoms with Crippen LogP contribution in [0.5, 0.6) is 11.5 Å². The predicted molar refractivity (Wildman–Crippen MR) is 188 cm³/mol. The molecule has 2 aromatic heterocycles. The molecule has 47 heavy (non-hydrogen) atoms. The fraction of sp³-hybridized carbons (Fsp3) is 0.632. The van der Waals surface area contributed by atoms with Crippen LogP contribution in [-0.2, 0) is 13.6 Å². The molecule has 4 saturated heterocycles. The van der Waals surface area contributed by atoms with E-state index in [1.54, 1.807) is 38.2 Å². The lowest BCUT2D eigenvalue weighted by Crippen LogP contribution is -2.52. The van der Waals surface area contributed by atoms with E-state index in [2.05, 4.69) is 37.1 Å². The summed E-state index contributed by atoms with van der Waals surface area (Å²) in [6, 6.07) is 6.88. The van der Waals surface area contributed by atoms with Crippen LogP contribution in [0.2, 0.25) is 0 Å². The van der Waals surface area contributed by atoms with Crippen LogP contribution in [0.3, 0.4) is 0 Å². The Morgan fingerprint density at radius 3 is 2.19 bits per heavy atom. The van der Waals surface area contributed by atoms with Crippen LogP contribution in [0, 0.1) is 11.3 Å². The minimum atomic E-state index is -0.0513. The second-order valence-corrected chi connectivity index (χ2v) is 14.8. The number of nitrogens with one attached hydrogen (secondary N) is 1. The van der Waals surface area contributed by atoms with E-state index in [9.17, 15) is 4.79 Å². The minimum absolute atomic E-state index is 0.0513. The summed E-state index contributed by atoms with van der Waals surface area (Å²) in [5.41, 5.74) is 3.46. The van der Waals surface area contributed by atoms with E-state index < -0.39 is 0 Å². The lowest BCUT2D eigenvalue weighted by atomic mass is 9.71. The highest BCUT2D eigenvalue weighted by molar-refractivity contribution is 5.95. The lowest BCUT2D eigenvalue weighted by molar-refractivity contribution is 0.00386. The summed E-state index contributed by atoms with van der Waals surface area (Å²) >= 11 is 0. The Balaban J connectivity index is 0.954. The molecule has 0 saturated carbocycles. The number of piperidine rings is 4.